The number of hydrogen-bond donors (Lipinski definition) is 2. The van der Waals surface area contributed by atoms with Crippen LogP contribution in [0.1, 0.15) is 23.3 Å². The molecule has 0 bridgehead atoms. The number of hydrogen-bond acceptors (Lipinski definition) is 4. The molecule has 0 aliphatic carbocycles. The summed E-state index contributed by atoms with van der Waals surface area (Å²) in [6, 6.07) is 4.50. The molecule has 19 heavy (non-hydrogen) atoms. The molecule has 2 N–H and O–H groups in total. The van der Waals surface area contributed by atoms with Crippen molar-refractivity contribution in [3.63, 3.8) is 0 Å². The van der Waals surface area contributed by atoms with Crippen LogP contribution >= 0.6 is 0 Å². The lowest BCUT2D eigenvalue weighted by atomic mass is 10.3. The number of aromatic nitrogens is 1. The van der Waals surface area contributed by atoms with Crippen LogP contribution in [0, 0.1) is 0 Å². The highest BCUT2D eigenvalue weighted by atomic mass is 16.5. The number of rotatable bonds is 9. The third kappa shape index (κ3) is 6.73. The van der Waals surface area contributed by atoms with Crippen molar-refractivity contribution < 1.29 is 14.3 Å². The standard InChI is InChI=1S/C13H20N2O4/c1-18-9-10-19-8-3-2-7-14-13(17)11-5-4-6-12(16)15-11/h4-6H,2-3,7-10H2,1H3,(H,14,17)(H,15,16). The highest BCUT2D eigenvalue weighted by Gasteiger charge is 2.04. The van der Waals surface area contributed by atoms with Gasteiger partial charge >= 0.3 is 0 Å². The minimum Gasteiger partial charge on any atom is -0.382 e. The Balaban J connectivity index is 2.09. The molecule has 1 amide bonds. The highest BCUT2D eigenvalue weighted by Crippen LogP contribution is 1.92. The Kier molecular flexibility index (Phi) is 7.53. The van der Waals surface area contributed by atoms with Gasteiger partial charge in [0.25, 0.3) is 5.91 Å². The molecule has 106 valence electrons. The number of aromatic amines is 1. The Morgan fingerprint density at radius 2 is 2.11 bits per heavy atom. The predicted molar refractivity (Wildman–Crippen MR) is 71.3 cm³/mol. The van der Waals surface area contributed by atoms with Crippen LogP contribution < -0.4 is 10.9 Å². The summed E-state index contributed by atoms with van der Waals surface area (Å²) in [5.41, 5.74) is 0.00281. The van der Waals surface area contributed by atoms with Crippen LogP contribution in [0.15, 0.2) is 23.0 Å². The van der Waals surface area contributed by atoms with Crippen LogP contribution in [0.2, 0.25) is 0 Å². The van der Waals surface area contributed by atoms with Crippen LogP contribution in [0.25, 0.3) is 0 Å². The van der Waals surface area contributed by atoms with E-state index < -0.39 is 0 Å². The van der Waals surface area contributed by atoms with E-state index in [2.05, 4.69) is 10.3 Å². The number of methoxy groups -OCH3 is 1. The van der Waals surface area contributed by atoms with E-state index in [4.69, 9.17) is 9.47 Å². The Morgan fingerprint density at radius 3 is 2.84 bits per heavy atom. The minimum absolute atomic E-state index is 0.266. The molecule has 0 saturated heterocycles. The Hall–Kier alpha value is -1.66. The summed E-state index contributed by atoms with van der Waals surface area (Å²) in [5.74, 6) is -0.266. The zero-order valence-electron chi connectivity index (χ0n) is 11.1. The van der Waals surface area contributed by atoms with Gasteiger partial charge in [0.1, 0.15) is 5.69 Å². The number of carbonyl (C=O) groups is 1. The van der Waals surface area contributed by atoms with Gasteiger partial charge in [0.2, 0.25) is 5.56 Å². The highest BCUT2D eigenvalue weighted by molar-refractivity contribution is 5.92. The van der Waals surface area contributed by atoms with E-state index in [1.165, 1.54) is 6.07 Å². The largest absolute Gasteiger partial charge is 0.382 e. The smallest absolute Gasteiger partial charge is 0.267 e. The molecule has 0 atom stereocenters. The number of H-pyrrole nitrogens is 1. The van der Waals surface area contributed by atoms with Crippen LogP contribution in [0.3, 0.4) is 0 Å². The zero-order valence-corrected chi connectivity index (χ0v) is 11.1. The third-order valence-electron chi connectivity index (χ3n) is 2.45. The maximum absolute atomic E-state index is 11.6. The van der Waals surface area contributed by atoms with E-state index in [1.54, 1.807) is 19.2 Å². The summed E-state index contributed by atoms with van der Waals surface area (Å²) in [7, 11) is 1.63. The molecule has 0 aliphatic rings. The Morgan fingerprint density at radius 1 is 1.26 bits per heavy atom. The van der Waals surface area contributed by atoms with Crippen LogP contribution in [-0.4, -0.2) is 44.4 Å². The fourth-order valence-corrected chi connectivity index (χ4v) is 1.45. The number of nitrogens with one attached hydrogen (secondary N) is 2. The fourth-order valence-electron chi connectivity index (χ4n) is 1.45. The molecule has 0 radical (unpaired) electrons. The molecule has 1 aromatic rings. The van der Waals surface area contributed by atoms with Crippen molar-refractivity contribution in [1.29, 1.82) is 0 Å². The van der Waals surface area contributed by atoms with Gasteiger partial charge in [0.15, 0.2) is 0 Å². The van der Waals surface area contributed by atoms with E-state index in [0.29, 0.717) is 26.4 Å². The molecule has 1 aromatic heterocycles. The average Bonchev–Trinajstić information content (AvgIpc) is 2.41. The number of unbranched alkanes of at least 4 members (excludes halogenated alkanes) is 1. The van der Waals surface area contributed by atoms with Gasteiger partial charge < -0.3 is 19.8 Å². The van der Waals surface area contributed by atoms with Gasteiger partial charge in [-0.2, -0.15) is 0 Å². The van der Waals surface area contributed by atoms with E-state index in [9.17, 15) is 9.59 Å². The van der Waals surface area contributed by atoms with Crippen molar-refractivity contribution in [3.8, 4) is 0 Å². The first-order chi connectivity index (χ1) is 9.24. The van der Waals surface area contributed by atoms with Gasteiger partial charge in [0, 0.05) is 26.3 Å². The molecule has 0 aliphatic heterocycles. The van der Waals surface area contributed by atoms with Gasteiger partial charge in [-0.3, -0.25) is 9.59 Å². The molecule has 0 unspecified atom stereocenters. The molecule has 1 rings (SSSR count). The lowest BCUT2D eigenvalue weighted by Crippen LogP contribution is -2.27. The first kappa shape index (κ1) is 15.4. The molecular formula is C13H20N2O4. The normalized spacial score (nSPS) is 10.4. The zero-order chi connectivity index (χ0) is 13.9. The molecule has 0 aromatic carbocycles. The summed E-state index contributed by atoms with van der Waals surface area (Å²) in [5, 5.41) is 2.74. The summed E-state index contributed by atoms with van der Waals surface area (Å²) < 4.78 is 10.1. The SMILES string of the molecule is COCCOCCCCNC(=O)c1cccc(=O)[nH]1. The van der Waals surface area contributed by atoms with Crippen molar-refractivity contribution in [3.05, 3.63) is 34.2 Å². The first-order valence-electron chi connectivity index (χ1n) is 6.28. The molecule has 0 saturated carbocycles. The number of pyridine rings is 1. The van der Waals surface area contributed by atoms with E-state index in [0.717, 1.165) is 12.8 Å². The third-order valence-corrected chi connectivity index (χ3v) is 2.45. The molecule has 6 heteroatoms. The second-order valence-corrected chi connectivity index (χ2v) is 4.00. The van der Waals surface area contributed by atoms with E-state index in [1.807, 2.05) is 0 Å². The number of amides is 1. The minimum atomic E-state index is -0.279. The Bertz CT molecular complexity index is 431. The lowest BCUT2D eigenvalue weighted by molar-refractivity contribution is 0.0686. The average molecular weight is 268 g/mol. The van der Waals surface area contributed by atoms with Crippen LogP contribution in [0.5, 0.6) is 0 Å². The predicted octanol–water partition coefficient (Wildman–Crippen LogP) is 0.548. The molecular weight excluding hydrogens is 248 g/mol. The summed E-state index contributed by atoms with van der Waals surface area (Å²) in [6.07, 6.45) is 1.70. The van der Waals surface area contributed by atoms with Crippen molar-refractivity contribution in [2.45, 2.75) is 12.8 Å². The van der Waals surface area contributed by atoms with Gasteiger partial charge in [-0.15, -0.1) is 0 Å². The maximum atomic E-state index is 11.6. The van der Waals surface area contributed by atoms with Gasteiger partial charge in [0.05, 0.1) is 13.2 Å². The summed E-state index contributed by atoms with van der Waals surface area (Å²) in [6.45, 7) is 2.40. The molecule has 6 nitrogen and oxygen atoms in total. The maximum Gasteiger partial charge on any atom is 0.267 e. The first-order valence-corrected chi connectivity index (χ1v) is 6.28. The van der Waals surface area contributed by atoms with Gasteiger partial charge in [-0.25, -0.2) is 0 Å². The second-order valence-electron chi connectivity index (χ2n) is 4.00. The number of ether oxygens (including phenoxy) is 2. The van der Waals surface area contributed by atoms with Crippen LogP contribution in [0.4, 0.5) is 0 Å². The molecule has 0 spiro atoms. The Labute approximate surface area is 112 Å². The lowest BCUT2D eigenvalue weighted by Gasteiger charge is -2.05. The van der Waals surface area contributed by atoms with E-state index in [-0.39, 0.29) is 17.2 Å². The van der Waals surface area contributed by atoms with E-state index >= 15 is 0 Å². The van der Waals surface area contributed by atoms with Crippen LogP contribution in [-0.2, 0) is 9.47 Å². The van der Waals surface area contributed by atoms with Crippen molar-refractivity contribution in [2.24, 2.45) is 0 Å². The van der Waals surface area contributed by atoms with Crippen molar-refractivity contribution >= 4 is 5.91 Å². The van der Waals surface area contributed by atoms with Gasteiger partial charge in [-0.05, 0) is 18.9 Å². The topological polar surface area (TPSA) is 80.4 Å². The second kappa shape index (κ2) is 9.29. The molecule has 1 heterocycles. The fraction of sp³-hybridized carbons (Fsp3) is 0.538. The van der Waals surface area contributed by atoms with Crippen molar-refractivity contribution in [2.75, 3.05) is 33.5 Å². The number of carbonyl (C=O) groups excluding carboxylic acids is 1. The summed E-state index contributed by atoms with van der Waals surface area (Å²) >= 11 is 0. The van der Waals surface area contributed by atoms with Crippen molar-refractivity contribution in [1.82, 2.24) is 10.3 Å². The molecule has 0 fully saturated rings. The summed E-state index contributed by atoms with van der Waals surface area (Å²) in [4.78, 5) is 25.2. The monoisotopic (exact) mass is 268 g/mol. The van der Waals surface area contributed by atoms with Gasteiger partial charge in [-0.1, -0.05) is 6.07 Å². The quantitative estimate of drug-likeness (QED) is 0.641.